The third-order valence-corrected chi connectivity index (χ3v) is 4.51. The molecule has 3 aromatic rings. The molecule has 4 nitrogen and oxygen atoms in total. The van der Waals surface area contributed by atoms with Crippen LogP contribution in [-0.4, -0.2) is 15.9 Å². The molecule has 0 atom stereocenters. The van der Waals surface area contributed by atoms with Crippen LogP contribution < -0.4 is 5.11 Å². The minimum atomic E-state index is -4.60. The number of benzene rings is 2. The summed E-state index contributed by atoms with van der Waals surface area (Å²) in [6.07, 6.45) is -4.60. The van der Waals surface area contributed by atoms with Gasteiger partial charge in [0.15, 0.2) is 5.16 Å². The van der Waals surface area contributed by atoms with Gasteiger partial charge in [0.05, 0.1) is 11.7 Å². The van der Waals surface area contributed by atoms with Gasteiger partial charge in [-0.3, -0.25) is 0 Å². The number of carbonyl (C=O) groups excluding carboxylic acids is 1. The van der Waals surface area contributed by atoms with E-state index in [2.05, 4.69) is 9.97 Å². The second-order valence-corrected chi connectivity index (χ2v) is 6.50. The van der Waals surface area contributed by atoms with Crippen molar-refractivity contribution in [3.05, 3.63) is 77.5 Å². The molecule has 8 heteroatoms. The molecule has 0 unspecified atom stereocenters. The van der Waals surface area contributed by atoms with Crippen molar-refractivity contribution in [1.29, 1.82) is 0 Å². The van der Waals surface area contributed by atoms with Crippen molar-refractivity contribution in [2.45, 2.75) is 17.1 Å². The maximum Gasteiger partial charge on any atom is 0.433 e. The highest BCUT2D eigenvalue weighted by atomic mass is 32.2. The molecule has 1 heterocycles. The number of hydrogen-bond acceptors (Lipinski definition) is 5. The summed E-state index contributed by atoms with van der Waals surface area (Å²) in [6.45, 7) is 0. The normalized spacial score (nSPS) is 11.4. The Labute approximate surface area is 157 Å². The Bertz CT molecular complexity index is 963. The Morgan fingerprint density at radius 1 is 1.00 bits per heavy atom. The van der Waals surface area contributed by atoms with Crippen LogP contribution in [0, 0.1) is 0 Å². The van der Waals surface area contributed by atoms with E-state index in [0.29, 0.717) is 11.1 Å². The summed E-state index contributed by atoms with van der Waals surface area (Å²) in [7, 11) is 0. The molecule has 0 aliphatic carbocycles. The molecule has 0 radical (unpaired) electrons. The summed E-state index contributed by atoms with van der Waals surface area (Å²) < 4.78 is 39.6. The maximum atomic E-state index is 13.2. The molecule has 0 fully saturated rings. The summed E-state index contributed by atoms with van der Waals surface area (Å²) in [5, 5.41) is 10.9. The van der Waals surface area contributed by atoms with E-state index in [1.54, 1.807) is 42.5 Å². The summed E-state index contributed by atoms with van der Waals surface area (Å²) >= 11 is 0.997. The first-order valence-corrected chi connectivity index (χ1v) is 8.76. The van der Waals surface area contributed by atoms with Gasteiger partial charge < -0.3 is 9.90 Å². The van der Waals surface area contributed by atoms with Crippen LogP contribution in [0.3, 0.4) is 0 Å². The van der Waals surface area contributed by atoms with E-state index in [1.807, 2.05) is 0 Å². The van der Waals surface area contributed by atoms with E-state index < -0.39 is 17.8 Å². The Morgan fingerprint density at radius 2 is 1.74 bits per heavy atom. The predicted octanol–water partition coefficient (Wildman–Crippen LogP) is 3.82. The first-order valence-electron chi connectivity index (χ1n) is 7.78. The average Bonchev–Trinajstić information content (AvgIpc) is 2.66. The first kappa shape index (κ1) is 18.9. The van der Waals surface area contributed by atoms with Gasteiger partial charge in [0.1, 0.15) is 5.69 Å². The highest BCUT2D eigenvalue weighted by Gasteiger charge is 2.33. The van der Waals surface area contributed by atoms with Gasteiger partial charge in [0.25, 0.3) is 0 Å². The minimum Gasteiger partial charge on any atom is -0.545 e. The number of halogens is 3. The summed E-state index contributed by atoms with van der Waals surface area (Å²) in [6, 6.07) is 15.4. The molecule has 0 aliphatic rings. The molecule has 138 valence electrons. The van der Waals surface area contributed by atoms with Crippen molar-refractivity contribution in [2.75, 3.05) is 0 Å². The molecule has 0 saturated heterocycles. The molecule has 0 spiro atoms. The Hall–Kier alpha value is -2.87. The van der Waals surface area contributed by atoms with E-state index in [-0.39, 0.29) is 22.2 Å². The number of nitrogens with zero attached hydrogens (tertiary/aromatic N) is 2. The van der Waals surface area contributed by atoms with Gasteiger partial charge in [0, 0.05) is 11.3 Å². The second-order valence-electron chi connectivity index (χ2n) is 5.56. The standard InChI is InChI=1S/C19H13F3N2O2S/c20-19(21,22)16-10-15(13-6-2-1-3-7-13)23-18(24-16)27-11-12-5-4-8-14(9-12)17(25)26/h1-10H,11H2,(H,25,26)/p-1. The molecule has 0 saturated carbocycles. The van der Waals surface area contributed by atoms with Crippen LogP contribution >= 0.6 is 11.8 Å². The zero-order chi connectivity index (χ0) is 19.4. The Balaban J connectivity index is 1.90. The smallest absolute Gasteiger partial charge is 0.433 e. The summed E-state index contributed by atoms with van der Waals surface area (Å²) in [4.78, 5) is 18.7. The number of aromatic nitrogens is 2. The van der Waals surface area contributed by atoms with Gasteiger partial charge in [-0.2, -0.15) is 13.2 Å². The highest BCUT2D eigenvalue weighted by Crippen LogP contribution is 2.32. The third-order valence-electron chi connectivity index (χ3n) is 3.60. The molecular weight excluding hydrogens is 377 g/mol. The average molecular weight is 389 g/mol. The highest BCUT2D eigenvalue weighted by molar-refractivity contribution is 7.98. The van der Waals surface area contributed by atoms with Crippen molar-refractivity contribution in [2.24, 2.45) is 0 Å². The number of carboxylic acids is 1. The van der Waals surface area contributed by atoms with Gasteiger partial charge in [-0.15, -0.1) is 0 Å². The van der Waals surface area contributed by atoms with Crippen LogP contribution in [-0.2, 0) is 11.9 Å². The van der Waals surface area contributed by atoms with E-state index in [9.17, 15) is 23.1 Å². The molecule has 2 aromatic carbocycles. The van der Waals surface area contributed by atoms with Crippen molar-refractivity contribution in [3.63, 3.8) is 0 Å². The molecule has 0 amide bonds. The van der Waals surface area contributed by atoms with Crippen molar-refractivity contribution < 1.29 is 23.1 Å². The lowest BCUT2D eigenvalue weighted by molar-refractivity contribution is -0.255. The summed E-state index contributed by atoms with van der Waals surface area (Å²) in [5.74, 6) is -1.10. The maximum absolute atomic E-state index is 13.2. The van der Waals surface area contributed by atoms with E-state index in [4.69, 9.17) is 0 Å². The van der Waals surface area contributed by atoms with E-state index >= 15 is 0 Å². The fourth-order valence-corrected chi connectivity index (χ4v) is 3.13. The Morgan fingerprint density at radius 3 is 2.41 bits per heavy atom. The minimum absolute atomic E-state index is 0.00281. The number of aromatic carboxylic acids is 1. The Kier molecular flexibility index (Phi) is 5.46. The quantitative estimate of drug-likeness (QED) is 0.490. The SMILES string of the molecule is O=C([O-])c1cccc(CSc2nc(-c3ccccc3)cc(C(F)(F)F)n2)c1. The molecule has 1 aromatic heterocycles. The molecule has 0 bridgehead atoms. The molecule has 0 N–H and O–H groups in total. The van der Waals surface area contributed by atoms with Crippen LogP contribution in [0.2, 0.25) is 0 Å². The van der Waals surface area contributed by atoms with Crippen molar-refractivity contribution >= 4 is 17.7 Å². The predicted molar refractivity (Wildman–Crippen MR) is 92.8 cm³/mol. The molecule has 27 heavy (non-hydrogen) atoms. The van der Waals surface area contributed by atoms with Crippen LogP contribution in [0.25, 0.3) is 11.3 Å². The number of hydrogen-bond donors (Lipinski definition) is 0. The van der Waals surface area contributed by atoms with Crippen LogP contribution in [0.1, 0.15) is 21.6 Å². The zero-order valence-electron chi connectivity index (χ0n) is 13.7. The fourth-order valence-electron chi connectivity index (χ4n) is 2.33. The summed E-state index contributed by atoms with van der Waals surface area (Å²) in [5.41, 5.74) is 0.310. The second kappa shape index (κ2) is 7.79. The molecular formula is C19H12F3N2O2S-. The van der Waals surface area contributed by atoms with Crippen molar-refractivity contribution in [1.82, 2.24) is 9.97 Å². The van der Waals surface area contributed by atoms with Gasteiger partial charge in [-0.1, -0.05) is 60.3 Å². The lowest BCUT2D eigenvalue weighted by Gasteiger charge is -2.11. The number of rotatable bonds is 5. The van der Waals surface area contributed by atoms with E-state index in [0.717, 1.165) is 17.8 Å². The fraction of sp³-hybridized carbons (Fsp3) is 0.105. The van der Waals surface area contributed by atoms with Crippen LogP contribution in [0.4, 0.5) is 13.2 Å². The van der Waals surface area contributed by atoms with Crippen molar-refractivity contribution in [3.8, 4) is 11.3 Å². The first-order chi connectivity index (χ1) is 12.8. The number of carbonyl (C=O) groups is 1. The number of carboxylic acid groups (broad SMARTS) is 1. The number of thioether (sulfide) groups is 1. The monoisotopic (exact) mass is 389 g/mol. The molecule has 0 aliphatic heterocycles. The van der Waals surface area contributed by atoms with Gasteiger partial charge in [0.2, 0.25) is 0 Å². The van der Waals surface area contributed by atoms with Gasteiger partial charge >= 0.3 is 6.18 Å². The lowest BCUT2D eigenvalue weighted by Crippen LogP contribution is -2.22. The topological polar surface area (TPSA) is 65.9 Å². The van der Waals surface area contributed by atoms with Gasteiger partial charge in [-0.25, -0.2) is 9.97 Å². The lowest BCUT2D eigenvalue weighted by atomic mass is 10.1. The zero-order valence-corrected chi connectivity index (χ0v) is 14.6. The van der Waals surface area contributed by atoms with Gasteiger partial charge in [-0.05, 0) is 23.3 Å². The third kappa shape index (κ3) is 4.85. The largest absolute Gasteiger partial charge is 0.545 e. The van der Waals surface area contributed by atoms with Crippen LogP contribution in [0.5, 0.6) is 0 Å². The molecule has 3 rings (SSSR count). The van der Waals surface area contributed by atoms with E-state index in [1.165, 1.54) is 12.1 Å². The van der Waals surface area contributed by atoms with Crippen LogP contribution in [0.15, 0.2) is 65.8 Å². The number of alkyl halides is 3.